The molecule has 0 saturated carbocycles. The van der Waals surface area contributed by atoms with E-state index in [1.807, 2.05) is 0 Å². The van der Waals surface area contributed by atoms with Crippen molar-refractivity contribution in [3.05, 3.63) is 92.3 Å². The fraction of sp³-hybridized carbons (Fsp3) is 0.0870. The fourth-order valence-electron chi connectivity index (χ4n) is 3.21. The van der Waals surface area contributed by atoms with E-state index < -0.39 is 23.5 Å². The van der Waals surface area contributed by atoms with E-state index in [2.05, 4.69) is 0 Å². The van der Waals surface area contributed by atoms with E-state index in [1.54, 1.807) is 22.9 Å². The predicted octanol–water partition coefficient (Wildman–Crippen LogP) is 8.41. The fourth-order valence-corrected chi connectivity index (χ4v) is 4.99. The predicted molar refractivity (Wildman–Crippen MR) is 113 cm³/mol. The molecule has 0 saturated heterocycles. The maximum atomic E-state index is 13.3. The van der Waals surface area contributed by atoms with Gasteiger partial charge in [0.2, 0.25) is 5.78 Å². The van der Waals surface area contributed by atoms with Crippen LogP contribution < -0.4 is 0 Å². The van der Waals surface area contributed by atoms with E-state index in [1.165, 1.54) is 24.3 Å². The van der Waals surface area contributed by atoms with Crippen LogP contribution >= 0.6 is 22.7 Å². The number of alkyl halides is 6. The Kier molecular flexibility index (Phi) is 5.72. The van der Waals surface area contributed by atoms with Gasteiger partial charge in [-0.3, -0.25) is 4.79 Å². The SMILES string of the molecule is O=C(c1sccc1-c1ccc(C(F)(F)F)cc1)c1sccc1-c1ccc(C(F)(F)F)cc1. The first kappa shape index (κ1) is 22.3. The summed E-state index contributed by atoms with van der Waals surface area (Å²) in [5, 5.41) is 3.34. The van der Waals surface area contributed by atoms with Gasteiger partial charge in [-0.05, 0) is 58.3 Å². The van der Waals surface area contributed by atoms with Crippen molar-refractivity contribution in [1.82, 2.24) is 0 Å². The molecular weight excluding hydrogens is 470 g/mol. The summed E-state index contributed by atoms with van der Waals surface area (Å²) in [6.45, 7) is 0. The van der Waals surface area contributed by atoms with Crippen molar-refractivity contribution in [1.29, 1.82) is 0 Å². The van der Waals surface area contributed by atoms with Crippen molar-refractivity contribution in [2.24, 2.45) is 0 Å². The molecule has 0 unspecified atom stereocenters. The van der Waals surface area contributed by atoms with Gasteiger partial charge in [-0.1, -0.05) is 24.3 Å². The van der Waals surface area contributed by atoms with Crippen molar-refractivity contribution >= 4 is 28.5 Å². The van der Waals surface area contributed by atoms with Crippen molar-refractivity contribution in [2.45, 2.75) is 12.4 Å². The minimum atomic E-state index is -4.46. The normalized spacial score (nSPS) is 12.2. The second kappa shape index (κ2) is 8.22. The van der Waals surface area contributed by atoms with Crippen LogP contribution in [0.3, 0.4) is 0 Å². The van der Waals surface area contributed by atoms with Gasteiger partial charge in [-0.15, -0.1) is 22.7 Å². The Labute approximate surface area is 186 Å². The first-order chi connectivity index (χ1) is 15.1. The lowest BCUT2D eigenvalue weighted by Gasteiger charge is -2.09. The molecule has 4 aromatic rings. The van der Waals surface area contributed by atoms with Crippen LogP contribution in [0.1, 0.15) is 25.7 Å². The zero-order valence-electron chi connectivity index (χ0n) is 15.9. The highest BCUT2D eigenvalue weighted by Crippen LogP contribution is 2.38. The van der Waals surface area contributed by atoms with Crippen LogP contribution in [-0.4, -0.2) is 5.78 Å². The third-order valence-corrected chi connectivity index (χ3v) is 6.62. The van der Waals surface area contributed by atoms with Crippen LogP contribution in [0.2, 0.25) is 0 Å². The molecule has 32 heavy (non-hydrogen) atoms. The molecule has 9 heteroatoms. The molecule has 0 bridgehead atoms. The number of rotatable bonds is 4. The van der Waals surface area contributed by atoms with Gasteiger partial charge in [0.15, 0.2) is 0 Å². The van der Waals surface area contributed by atoms with E-state index in [0.717, 1.165) is 46.9 Å². The second-order valence-electron chi connectivity index (χ2n) is 6.81. The van der Waals surface area contributed by atoms with Crippen LogP contribution in [0.4, 0.5) is 26.3 Å². The molecule has 1 nitrogen and oxygen atoms in total. The molecule has 0 fully saturated rings. The molecule has 164 valence electrons. The Hall–Kier alpha value is -2.91. The Morgan fingerprint density at radius 1 is 0.562 bits per heavy atom. The van der Waals surface area contributed by atoms with E-state index in [-0.39, 0.29) is 5.78 Å². The van der Waals surface area contributed by atoms with Crippen LogP contribution in [0.15, 0.2) is 71.4 Å². The topological polar surface area (TPSA) is 17.1 Å². The van der Waals surface area contributed by atoms with Crippen molar-refractivity contribution in [3.8, 4) is 22.3 Å². The minimum Gasteiger partial charge on any atom is -0.287 e. The van der Waals surface area contributed by atoms with Crippen LogP contribution in [0.25, 0.3) is 22.3 Å². The van der Waals surface area contributed by atoms with E-state index in [0.29, 0.717) is 32.0 Å². The molecular formula is C23H12F6OS2. The molecule has 0 radical (unpaired) electrons. The number of benzene rings is 2. The molecule has 0 aliphatic carbocycles. The second-order valence-corrected chi connectivity index (χ2v) is 8.64. The van der Waals surface area contributed by atoms with Gasteiger partial charge in [0.25, 0.3) is 0 Å². The number of thiophene rings is 2. The third kappa shape index (κ3) is 4.35. The average molecular weight is 482 g/mol. The molecule has 0 aliphatic heterocycles. The van der Waals surface area contributed by atoms with Crippen LogP contribution in [0.5, 0.6) is 0 Å². The number of carbonyl (C=O) groups is 1. The van der Waals surface area contributed by atoms with Crippen molar-refractivity contribution in [2.75, 3.05) is 0 Å². The van der Waals surface area contributed by atoms with E-state index in [9.17, 15) is 31.1 Å². The smallest absolute Gasteiger partial charge is 0.287 e. The molecule has 2 heterocycles. The average Bonchev–Trinajstić information content (AvgIpc) is 3.42. The lowest BCUT2D eigenvalue weighted by atomic mass is 9.99. The first-order valence-electron chi connectivity index (χ1n) is 9.10. The minimum absolute atomic E-state index is 0.334. The van der Waals surface area contributed by atoms with Gasteiger partial charge in [0.1, 0.15) is 0 Å². The van der Waals surface area contributed by atoms with Gasteiger partial charge in [0, 0.05) is 11.1 Å². The molecule has 0 atom stereocenters. The first-order valence-corrected chi connectivity index (χ1v) is 10.9. The number of hydrogen-bond acceptors (Lipinski definition) is 3. The van der Waals surface area contributed by atoms with Crippen molar-refractivity contribution < 1.29 is 31.1 Å². The lowest BCUT2D eigenvalue weighted by Crippen LogP contribution is -2.04. The Bertz CT molecular complexity index is 1150. The Morgan fingerprint density at radius 2 is 0.906 bits per heavy atom. The molecule has 4 rings (SSSR count). The van der Waals surface area contributed by atoms with Gasteiger partial charge in [-0.2, -0.15) is 26.3 Å². The zero-order chi connectivity index (χ0) is 23.1. The monoisotopic (exact) mass is 482 g/mol. The Morgan fingerprint density at radius 3 is 1.22 bits per heavy atom. The summed E-state index contributed by atoms with van der Waals surface area (Å²) < 4.78 is 77.0. The summed E-state index contributed by atoms with van der Waals surface area (Å²) in [6.07, 6.45) is -8.92. The zero-order valence-corrected chi connectivity index (χ0v) is 17.6. The summed E-state index contributed by atoms with van der Waals surface area (Å²) in [4.78, 5) is 14.0. The number of hydrogen-bond donors (Lipinski definition) is 0. The maximum absolute atomic E-state index is 13.3. The quantitative estimate of drug-likeness (QED) is 0.211. The number of ketones is 1. The van der Waals surface area contributed by atoms with E-state index >= 15 is 0 Å². The largest absolute Gasteiger partial charge is 0.416 e. The highest BCUT2D eigenvalue weighted by molar-refractivity contribution is 7.16. The van der Waals surface area contributed by atoms with Crippen LogP contribution in [-0.2, 0) is 12.4 Å². The van der Waals surface area contributed by atoms with Gasteiger partial charge < -0.3 is 0 Å². The van der Waals surface area contributed by atoms with Crippen LogP contribution in [0, 0.1) is 0 Å². The van der Waals surface area contributed by atoms with Gasteiger partial charge in [-0.25, -0.2) is 0 Å². The summed E-state index contributed by atoms with van der Waals surface area (Å²) in [6, 6.07) is 12.4. The highest BCUT2D eigenvalue weighted by atomic mass is 32.1. The standard InChI is InChI=1S/C23H12F6OS2/c24-22(25,26)15-5-1-13(2-6-15)17-9-11-31-20(17)19(30)21-18(10-12-32-21)14-3-7-16(8-4-14)23(27,28)29/h1-12H. The maximum Gasteiger partial charge on any atom is 0.416 e. The Balaban J connectivity index is 1.67. The van der Waals surface area contributed by atoms with Crippen molar-refractivity contribution in [3.63, 3.8) is 0 Å². The van der Waals surface area contributed by atoms with Gasteiger partial charge in [0.05, 0.1) is 20.9 Å². The number of carbonyl (C=O) groups excluding carboxylic acids is 1. The lowest BCUT2D eigenvalue weighted by molar-refractivity contribution is -0.138. The highest BCUT2D eigenvalue weighted by Gasteiger charge is 2.31. The molecule has 0 aliphatic rings. The molecule has 2 aromatic heterocycles. The molecule has 0 N–H and O–H groups in total. The molecule has 0 amide bonds. The summed E-state index contributed by atoms with van der Waals surface area (Å²) in [5.41, 5.74) is 0.367. The molecule has 2 aromatic carbocycles. The van der Waals surface area contributed by atoms with Gasteiger partial charge >= 0.3 is 12.4 Å². The summed E-state index contributed by atoms with van der Waals surface area (Å²) in [5.74, 6) is -0.334. The summed E-state index contributed by atoms with van der Waals surface area (Å²) in [7, 11) is 0. The number of halogens is 6. The molecule has 0 spiro atoms. The third-order valence-electron chi connectivity index (χ3n) is 4.79. The van der Waals surface area contributed by atoms with E-state index in [4.69, 9.17) is 0 Å². The summed E-state index contributed by atoms with van der Waals surface area (Å²) >= 11 is 2.31.